The van der Waals surface area contributed by atoms with E-state index in [0.717, 1.165) is 6.26 Å². The minimum absolute atomic E-state index is 0.112. The van der Waals surface area contributed by atoms with Gasteiger partial charge in [0, 0.05) is 25.2 Å². The summed E-state index contributed by atoms with van der Waals surface area (Å²) in [5.41, 5.74) is 0.585. The lowest BCUT2D eigenvalue weighted by atomic mass is 10.2. The first-order chi connectivity index (χ1) is 8.88. The van der Waals surface area contributed by atoms with Gasteiger partial charge in [-0.05, 0) is 6.07 Å². The highest BCUT2D eigenvalue weighted by Crippen LogP contribution is 2.19. The van der Waals surface area contributed by atoms with Crippen molar-refractivity contribution < 1.29 is 21.9 Å². The third kappa shape index (κ3) is 7.04. The van der Waals surface area contributed by atoms with Crippen molar-refractivity contribution in [3.63, 3.8) is 0 Å². The molecule has 0 heterocycles. The number of alkyl halides is 2. The van der Waals surface area contributed by atoms with Crippen molar-refractivity contribution in [3.05, 3.63) is 29.8 Å². The summed E-state index contributed by atoms with van der Waals surface area (Å²) in [6.07, 6.45) is 1.07. The van der Waals surface area contributed by atoms with Crippen LogP contribution in [0.5, 0.6) is 5.75 Å². The van der Waals surface area contributed by atoms with Gasteiger partial charge in [-0.15, -0.1) is 0 Å². The third-order valence-corrected chi connectivity index (χ3v) is 2.90. The Morgan fingerprint density at radius 3 is 2.58 bits per heavy atom. The quantitative estimate of drug-likeness (QED) is 0.700. The molecule has 8 heteroatoms. The fourth-order valence-corrected chi connectivity index (χ4v) is 1.88. The van der Waals surface area contributed by atoms with E-state index in [9.17, 15) is 17.2 Å². The van der Waals surface area contributed by atoms with Gasteiger partial charge in [0.15, 0.2) is 0 Å². The van der Waals surface area contributed by atoms with Gasteiger partial charge in [-0.3, -0.25) is 0 Å². The number of hydrogen-bond acceptors (Lipinski definition) is 4. The van der Waals surface area contributed by atoms with E-state index < -0.39 is 16.6 Å². The van der Waals surface area contributed by atoms with Crippen molar-refractivity contribution in [2.24, 2.45) is 0 Å². The molecule has 2 N–H and O–H groups in total. The zero-order valence-electron chi connectivity index (χ0n) is 10.4. The molecule has 0 bridgehead atoms. The van der Waals surface area contributed by atoms with E-state index in [-0.39, 0.29) is 12.3 Å². The number of nitrogens with one attached hydrogen (secondary N) is 2. The van der Waals surface area contributed by atoms with E-state index in [4.69, 9.17) is 0 Å². The first-order valence-electron chi connectivity index (χ1n) is 5.56. The van der Waals surface area contributed by atoms with Crippen LogP contribution in [-0.2, 0) is 16.6 Å². The maximum Gasteiger partial charge on any atom is 0.387 e. The lowest BCUT2D eigenvalue weighted by Crippen LogP contribution is -2.30. The number of rotatable bonds is 8. The normalized spacial score (nSPS) is 11.8. The molecule has 108 valence electrons. The van der Waals surface area contributed by atoms with Crippen LogP contribution in [0.3, 0.4) is 0 Å². The molecule has 0 aromatic heterocycles. The van der Waals surface area contributed by atoms with Gasteiger partial charge in [-0.2, -0.15) is 8.78 Å². The van der Waals surface area contributed by atoms with E-state index >= 15 is 0 Å². The van der Waals surface area contributed by atoms with Crippen molar-refractivity contribution in [3.8, 4) is 5.75 Å². The highest BCUT2D eigenvalue weighted by Gasteiger charge is 2.08. The summed E-state index contributed by atoms with van der Waals surface area (Å²) in [6, 6.07) is 6.43. The lowest BCUT2D eigenvalue weighted by Gasteiger charge is -2.11. The van der Waals surface area contributed by atoms with E-state index in [2.05, 4.69) is 14.8 Å². The maximum atomic E-state index is 12.2. The lowest BCUT2D eigenvalue weighted by molar-refractivity contribution is -0.0504. The largest absolute Gasteiger partial charge is 0.434 e. The molecule has 0 saturated heterocycles. The van der Waals surface area contributed by atoms with Crippen LogP contribution in [0, 0.1) is 0 Å². The maximum absolute atomic E-state index is 12.2. The van der Waals surface area contributed by atoms with Gasteiger partial charge in [0.1, 0.15) is 5.75 Å². The molecule has 0 aliphatic rings. The van der Waals surface area contributed by atoms with Crippen LogP contribution in [0.25, 0.3) is 0 Å². The van der Waals surface area contributed by atoms with Crippen molar-refractivity contribution >= 4 is 10.0 Å². The zero-order valence-corrected chi connectivity index (χ0v) is 11.2. The van der Waals surface area contributed by atoms with Crippen molar-refractivity contribution in [1.82, 2.24) is 10.0 Å². The number of sulfonamides is 1. The van der Waals surface area contributed by atoms with Gasteiger partial charge in [0.05, 0.1) is 6.26 Å². The molecular weight excluding hydrogens is 278 g/mol. The fourth-order valence-electron chi connectivity index (χ4n) is 1.41. The van der Waals surface area contributed by atoms with Gasteiger partial charge < -0.3 is 10.1 Å². The minimum atomic E-state index is -3.21. The van der Waals surface area contributed by atoms with Crippen LogP contribution < -0.4 is 14.8 Å². The Labute approximate surface area is 111 Å². The van der Waals surface area contributed by atoms with Crippen LogP contribution in [0.15, 0.2) is 24.3 Å². The van der Waals surface area contributed by atoms with Crippen LogP contribution >= 0.6 is 0 Å². The molecule has 0 aliphatic heterocycles. The minimum Gasteiger partial charge on any atom is -0.434 e. The fraction of sp³-hybridized carbons (Fsp3) is 0.455. The molecule has 19 heavy (non-hydrogen) atoms. The summed E-state index contributed by atoms with van der Waals surface area (Å²) in [4.78, 5) is 0. The second-order valence-corrected chi connectivity index (χ2v) is 5.66. The second-order valence-electron chi connectivity index (χ2n) is 3.83. The average Bonchev–Trinajstić information content (AvgIpc) is 2.28. The molecule has 1 aromatic carbocycles. The Balaban J connectivity index is 2.40. The van der Waals surface area contributed by atoms with E-state index in [0.29, 0.717) is 18.7 Å². The SMILES string of the molecule is CS(=O)(=O)NCCNCc1ccccc1OC(F)F. The smallest absolute Gasteiger partial charge is 0.387 e. The molecule has 0 radical (unpaired) electrons. The Morgan fingerprint density at radius 1 is 1.26 bits per heavy atom. The molecular formula is C11H16F2N2O3S. The molecule has 5 nitrogen and oxygen atoms in total. The molecule has 0 atom stereocenters. The van der Waals surface area contributed by atoms with Crippen LogP contribution in [0.4, 0.5) is 8.78 Å². The number of benzene rings is 1. The number of para-hydroxylation sites is 1. The van der Waals surface area contributed by atoms with E-state index in [1.165, 1.54) is 6.07 Å². The van der Waals surface area contributed by atoms with Gasteiger partial charge in [0.25, 0.3) is 0 Å². The summed E-state index contributed by atoms with van der Waals surface area (Å²) in [5.74, 6) is 0.112. The summed E-state index contributed by atoms with van der Waals surface area (Å²) in [5, 5.41) is 2.94. The first kappa shape index (κ1) is 15.8. The van der Waals surface area contributed by atoms with Crippen molar-refractivity contribution in [2.45, 2.75) is 13.2 Å². The van der Waals surface area contributed by atoms with Gasteiger partial charge >= 0.3 is 6.61 Å². The van der Waals surface area contributed by atoms with Crippen molar-refractivity contribution in [2.75, 3.05) is 19.3 Å². The van der Waals surface area contributed by atoms with E-state index in [1.54, 1.807) is 18.2 Å². The molecule has 1 rings (SSSR count). The predicted molar refractivity (Wildman–Crippen MR) is 67.6 cm³/mol. The topological polar surface area (TPSA) is 67.4 Å². The number of ether oxygens (including phenoxy) is 1. The summed E-state index contributed by atoms with van der Waals surface area (Å²) >= 11 is 0. The Bertz CT molecular complexity index is 494. The summed E-state index contributed by atoms with van der Waals surface area (Å²) in [6.45, 7) is -1.94. The molecule has 0 amide bonds. The molecule has 0 saturated carbocycles. The third-order valence-electron chi connectivity index (χ3n) is 2.17. The van der Waals surface area contributed by atoms with Crippen LogP contribution in [0.1, 0.15) is 5.56 Å². The predicted octanol–water partition coefficient (Wildman–Crippen LogP) is 0.927. The molecule has 0 aliphatic carbocycles. The van der Waals surface area contributed by atoms with Gasteiger partial charge in [-0.1, -0.05) is 18.2 Å². The van der Waals surface area contributed by atoms with Crippen LogP contribution in [-0.4, -0.2) is 34.4 Å². The highest BCUT2D eigenvalue weighted by atomic mass is 32.2. The summed E-state index contributed by atoms with van der Waals surface area (Å²) in [7, 11) is -3.21. The number of hydrogen-bond donors (Lipinski definition) is 2. The van der Waals surface area contributed by atoms with E-state index in [1.807, 2.05) is 0 Å². The van der Waals surface area contributed by atoms with Crippen LogP contribution in [0.2, 0.25) is 0 Å². The molecule has 0 spiro atoms. The second kappa shape index (κ2) is 7.37. The number of halogens is 2. The molecule has 0 unspecified atom stereocenters. The Kier molecular flexibility index (Phi) is 6.13. The standard InChI is InChI=1S/C11H16F2N2O3S/c1-19(16,17)15-7-6-14-8-9-4-2-3-5-10(9)18-11(12)13/h2-5,11,14-15H,6-8H2,1H3. The average molecular weight is 294 g/mol. The van der Waals surface area contributed by atoms with Gasteiger partial charge in [0.2, 0.25) is 10.0 Å². The Hall–Kier alpha value is -1.25. The van der Waals surface area contributed by atoms with Gasteiger partial charge in [-0.25, -0.2) is 13.1 Å². The summed E-state index contributed by atoms with van der Waals surface area (Å²) < 4.78 is 52.6. The molecule has 1 aromatic rings. The zero-order chi connectivity index (χ0) is 14.3. The van der Waals surface area contributed by atoms with Crippen molar-refractivity contribution in [1.29, 1.82) is 0 Å². The Morgan fingerprint density at radius 2 is 1.95 bits per heavy atom. The highest BCUT2D eigenvalue weighted by molar-refractivity contribution is 7.88. The first-order valence-corrected chi connectivity index (χ1v) is 7.45. The molecule has 0 fully saturated rings. The monoisotopic (exact) mass is 294 g/mol.